The molecule has 3 aromatic heterocycles. The fraction of sp³-hybridized carbons (Fsp3) is 0.474. The van der Waals surface area contributed by atoms with Crippen molar-refractivity contribution in [1.29, 1.82) is 0 Å². The molecule has 8 nitrogen and oxygen atoms in total. The molecule has 0 saturated carbocycles. The zero-order valence-corrected chi connectivity index (χ0v) is 15.7. The first-order valence-electron chi connectivity index (χ1n) is 9.51. The average Bonchev–Trinajstić information content (AvgIpc) is 3.29. The summed E-state index contributed by atoms with van der Waals surface area (Å²) in [4.78, 5) is 10.8. The third-order valence-corrected chi connectivity index (χ3v) is 6.05. The molecule has 0 amide bonds. The summed E-state index contributed by atoms with van der Waals surface area (Å²) < 4.78 is 16.5. The van der Waals surface area contributed by atoms with Crippen LogP contribution in [0.4, 0.5) is 10.2 Å². The number of hydrogen-bond acceptors (Lipinski definition) is 7. The lowest BCUT2D eigenvalue weighted by Crippen LogP contribution is -2.55. The van der Waals surface area contributed by atoms with E-state index in [-0.39, 0.29) is 17.8 Å². The van der Waals surface area contributed by atoms with Crippen molar-refractivity contribution in [3.8, 4) is 17.0 Å². The Balaban J connectivity index is 1.42. The predicted octanol–water partition coefficient (Wildman–Crippen LogP) is 1.87. The number of aromatic nitrogens is 5. The number of nitrogens with one attached hydrogen (secondary N) is 1. The lowest BCUT2D eigenvalue weighted by atomic mass is 9.96. The Kier molecular flexibility index (Phi) is 3.94. The number of anilines is 1. The number of rotatable bonds is 3. The van der Waals surface area contributed by atoms with Crippen molar-refractivity contribution in [3.05, 3.63) is 30.5 Å². The van der Waals surface area contributed by atoms with E-state index in [0.717, 1.165) is 19.3 Å². The van der Waals surface area contributed by atoms with Crippen LogP contribution in [0.5, 0.6) is 5.75 Å². The minimum Gasteiger partial charge on any atom is -0.504 e. The highest BCUT2D eigenvalue weighted by Gasteiger charge is 2.43. The Bertz CT molecular complexity index is 1020. The van der Waals surface area contributed by atoms with Crippen LogP contribution >= 0.6 is 0 Å². The molecule has 4 atom stereocenters. The molecule has 2 unspecified atom stereocenters. The second-order valence-corrected chi connectivity index (χ2v) is 7.68. The van der Waals surface area contributed by atoms with E-state index in [1.165, 1.54) is 0 Å². The third kappa shape index (κ3) is 2.61. The summed E-state index contributed by atoms with van der Waals surface area (Å²) >= 11 is 0. The van der Waals surface area contributed by atoms with Crippen molar-refractivity contribution in [2.45, 2.75) is 50.5 Å². The zero-order valence-electron chi connectivity index (χ0n) is 15.7. The number of alkyl halides is 1. The van der Waals surface area contributed by atoms with E-state index in [4.69, 9.17) is 0 Å². The molecule has 146 valence electrons. The standard InChI is InChI=1S/C19H22FN7O/c1-10-24-25-19-18(28)12(5-6-27(10)19)14-8-22-16(9-21-14)26(2)15-7-11-3-4-13(23-11)17(15)20/h5-6,8-9,11,13,15,17,23,28H,3-4,7H2,1-2H3/t11?,13?,15-,17+/m1/s1. The van der Waals surface area contributed by atoms with Gasteiger partial charge in [-0.2, -0.15) is 0 Å². The maximum Gasteiger partial charge on any atom is 0.203 e. The summed E-state index contributed by atoms with van der Waals surface area (Å²) in [6.45, 7) is 1.81. The van der Waals surface area contributed by atoms with Gasteiger partial charge in [-0.3, -0.25) is 9.38 Å². The summed E-state index contributed by atoms with van der Waals surface area (Å²) in [5.41, 5.74) is 1.44. The van der Waals surface area contributed by atoms with Crippen LogP contribution in [-0.2, 0) is 0 Å². The molecule has 2 bridgehead atoms. The Morgan fingerprint density at radius 1 is 1.25 bits per heavy atom. The normalized spacial score (nSPS) is 26.7. The van der Waals surface area contributed by atoms with Crippen molar-refractivity contribution in [1.82, 2.24) is 29.9 Å². The van der Waals surface area contributed by atoms with E-state index in [2.05, 4.69) is 25.5 Å². The number of aromatic hydroxyl groups is 1. The van der Waals surface area contributed by atoms with Gasteiger partial charge in [0, 0.05) is 30.9 Å². The van der Waals surface area contributed by atoms with Gasteiger partial charge in [0.15, 0.2) is 5.75 Å². The van der Waals surface area contributed by atoms with Crippen LogP contribution in [0.1, 0.15) is 25.1 Å². The van der Waals surface area contributed by atoms with Gasteiger partial charge in [-0.1, -0.05) is 0 Å². The van der Waals surface area contributed by atoms with E-state index in [0.29, 0.717) is 34.6 Å². The molecule has 2 aliphatic heterocycles. The van der Waals surface area contributed by atoms with E-state index in [9.17, 15) is 9.50 Å². The average molecular weight is 383 g/mol. The molecule has 28 heavy (non-hydrogen) atoms. The molecule has 2 N–H and O–H groups in total. The Hall–Kier alpha value is -2.81. The first-order valence-corrected chi connectivity index (χ1v) is 9.51. The lowest BCUT2D eigenvalue weighted by molar-refractivity contribution is 0.176. The molecule has 2 aliphatic rings. The Morgan fingerprint density at radius 2 is 2.11 bits per heavy atom. The number of fused-ring (bicyclic) bond motifs is 3. The third-order valence-electron chi connectivity index (χ3n) is 6.05. The number of nitrogens with zero attached hydrogens (tertiary/aromatic N) is 6. The fourth-order valence-electron chi connectivity index (χ4n) is 4.43. The minimum absolute atomic E-state index is 0.0113. The van der Waals surface area contributed by atoms with Gasteiger partial charge in [0.25, 0.3) is 0 Å². The maximum absolute atomic E-state index is 14.8. The lowest BCUT2D eigenvalue weighted by Gasteiger charge is -2.38. The predicted molar refractivity (Wildman–Crippen MR) is 102 cm³/mol. The van der Waals surface area contributed by atoms with Crippen molar-refractivity contribution in [2.75, 3.05) is 11.9 Å². The van der Waals surface area contributed by atoms with Crippen LogP contribution in [0, 0.1) is 6.92 Å². The largest absolute Gasteiger partial charge is 0.504 e. The molecule has 3 aromatic rings. The van der Waals surface area contributed by atoms with Gasteiger partial charge in [0.1, 0.15) is 17.8 Å². The van der Waals surface area contributed by atoms with Crippen molar-refractivity contribution in [3.63, 3.8) is 0 Å². The first-order chi connectivity index (χ1) is 13.5. The summed E-state index contributed by atoms with van der Waals surface area (Å²) in [6, 6.07) is 1.87. The van der Waals surface area contributed by atoms with Crippen LogP contribution in [-0.4, -0.2) is 61.0 Å². The zero-order chi connectivity index (χ0) is 19.4. The number of halogens is 1. The van der Waals surface area contributed by atoms with E-state index >= 15 is 0 Å². The molecule has 2 fully saturated rings. The van der Waals surface area contributed by atoms with E-state index < -0.39 is 6.17 Å². The highest BCUT2D eigenvalue weighted by Crippen LogP contribution is 2.34. The molecule has 2 saturated heterocycles. The van der Waals surface area contributed by atoms with Crippen molar-refractivity contribution < 1.29 is 9.50 Å². The van der Waals surface area contributed by atoms with Gasteiger partial charge in [0.05, 0.1) is 24.1 Å². The Labute approximate surface area is 161 Å². The van der Waals surface area contributed by atoms with Crippen LogP contribution in [0.2, 0.25) is 0 Å². The fourth-order valence-corrected chi connectivity index (χ4v) is 4.43. The van der Waals surface area contributed by atoms with Gasteiger partial charge < -0.3 is 15.3 Å². The molecule has 0 spiro atoms. The monoisotopic (exact) mass is 383 g/mol. The number of pyridine rings is 1. The summed E-state index contributed by atoms with van der Waals surface area (Å²) in [6.07, 6.45) is 6.79. The van der Waals surface area contributed by atoms with Crippen LogP contribution < -0.4 is 10.2 Å². The van der Waals surface area contributed by atoms with Gasteiger partial charge >= 0.3 is 0 Å². The number of aryl methyl sites for hydroxylation is 1. The highest BCUT2D eigenvalue weighted by atomic mass is 19.1. The molecule has 9 heteroatoms. The quantitative estimate of drug-likeness (QED) is 0.713. The molecule has 5 heterocycles. The minimum atomic E-state index is -0.923. The maximum atomic E-state index is 14.8. The molecular weight excluding hydrogens is 361 g/mol. The van der Waals surface area contributed by atoms with E-state index in [1.807, 2.05) is 18.9 Å². The van der Waals surface area contributed by atoms with Crippen LogP contribution in [0.25, 0.3) is 16.9 Å². The second kappa shape index (κ2) is 6.37. The van der Waals surface area contributed by atoms with Gasteiger partial charge in [0.2, 0.25) is 5.65 Å². The van der Waals surface area contributed by atoms with Crippen molar-refractivity contribution >= 4 is 11.5 Å². The summed E-state index contributed by atoms with van der Waals surface area (Å²) in [7, 11) is 1.87. The summed E-state index contributed by atoms with van der Waals surface area (Å²) in [5.74, 6) is 1.32. The number of hydrogen-bond donors (Lipinski definition) is 2. The first kappa shape index (κ1) is 17.3. The van der Waals surface area contributed by atoms with Crippen LogP contribution in [0.15, 0.2) is 24.7 Å². The van der Waals surface area contributed by atoms with Crippen molar-refractivity contribution in [2.24, 2.45) is 0 Å². The molecule has 0 radical (unpaired) electrons. The molecular formula is C19H22FN7O. The SMILES string of the molecule is Cc1nnc2c(O)c(-c3cnc(N(C)[C@@H]4CC5CCC(N5)[C@@H]4F)cn3)ccn12. The molecule has 5 rings (SSSR count). The molecule has 0 aromatic carbocycles. The topological polar surface area (TPSA) is 91.5 Å². The van der Waals surface area contributed by atoms with E-state index in [1.54, 1.807) is 29.1 Å². The highest BCUT2D eigenvalue weighted by molar-refractivity contribution is 5.74. The number of piperidine rings is 1. The molecule has 0 aliphatic carbocycles. The summed E-state index contributed by atoms with van der Waals surface area (Å²) in [5, 5.41) is 21.9. The smallest absolute Gasteiger partial charge is 0.203 e. The Morgan fingerprint density at radius 3 is 2.89 bits per heavy atom. The van der Waals surface area contributed by atoms with Gasteiger partial charge in [-0.15, -0.1) is 10.2 Å². The second-order valence-electron chi connectivity index (χ2n) is 7.68. The van der Waals surface area contributed by atoms with Gasteiger partial charge in [-0.25, -0.2) is 9.37 Å². The van der Waals surface area contributed by atoms with Gasteiger partial charge in [-0.05, 0) is 32.3 Å². The van der Waals surface area contributed by atoms with Crippen LogP contribution in [0.3, 0.4) is 0 Å².